The predicted octanol–water partition coefficient (Wildman–Crippen LogP) is 2.88. The number of rotatable bonds is 3. The molecule has 0 aliphatic heterocycles. The first kappa shape index (κ1) is 13.5. The van der Waals surface area contributed by atoms with Crippen LogP contribution >= 0.6 is 0 Å². The highest BCUT2D eigenvalue weighted by Crippen LogP contribution is 2.24. The van der Waals surface area contributed by atoms with Crippen molar-refractivity contribution in [2.75, 3.05) is 6.26 Å². The van der Waals surface area contributed by atoms with E-state index in [2.05, 4.69) is 0 Å². The first-order valence-corrected chi connectivity index (χ1v) is 7.66. The molecule has 0 heterocycles. The van der Waals surface area contributed by atoms with Gasteiger partial charge in [-0.1, -0.05) is 18.2 Å². The average molecular weight is 274 g/mol. The summed E-state index contributed by atoms with van der Waals surface area (Å²) in [5, 5.41) is 0. The number of carbonyl (C=O) groups excluding carboxylic acids is 1. The molecule has 4 heteroatoms. The van der Waals surface area contributed by atoms with Gasteiger partial charge in [-0.3, -0.25) is 4.79 Å². The molecule has 0 saturated carbocycles. The summed E-state index contributed by atoms with van der Waals surface area (Å²) in [6, 6.07) is 12.2. The second kappa shape index (κ2) is 4.97. The van der Waals surface area contributed by atoms with Crippen LogP contribution in [0.2, 0.25) is 0 Å². The summed E-state index contributed by atoms with van der Waals surface area (Å²) in [6.07, 6.45) is 1.97. The Kier molecular flexibility index (Phi) is 3.53. The lowest BCUT2D eigenvalue weighted by Crippen LogP contribution is -1.97. The number of aryl methyl sites for hydroxylation is 1. The number of carbonyl (C=O) groups is 1. The van der Waals surface area contributed by atoms with Crippen molar-refractivity contribution in [3.8, 4) is 11.1 Å². The van der Waals surface area contributed by atoms with Crippen LogP contribution in [-0.4, -0.2) is 21.0 Å². The summed E-state index contributed by atoms with van der Waals surface area (Å²) in [4.78, 5) is 11.1. The normalized spacial score (nSPS) is 11.3. The summed E-state index contributed by atoms with van der Waals surface area (Å²) >= 11 is 0. The van der Waals surface area contributed by atoms with E-state index in [9.17, 15) is 13.2 Å². The van der Waals surface area contributed by atoms with Gasteiger partial charge in [0.2, 0.25) is 0 Å². The summed E-state index contributed by atoms with van der Waals surface area (Å²) in [7, 11) is -3.23. The van der Waals surface area contributed by atoms with Gasteiger partial charge >= 0.3 is 0 Å². The van der Waals surface area contributed by atoms with Crippen molar-refractivity contribution in [2.45, 2.75) is 11.8 Å². The van der Waals surface area contributed by atoms with E-state index in [1.165, 1.54) is 6.26 Å². The molecule has 0 N–H and O–H groups in total. The lowest BCUT2D eigenvalue weighted by atomic mass is 10.0. The third-order valence-corrected chi connectivity index (χ3v) is 3.94. The Bertz CT molecular complexity index is 731. The number of aldehydes is 1. The molecule has 0 bridgehead atoms. The number of hydrogen-bond donors (Lipinski definition) is 0. The maximum atomic E-state index is 11.6. The summed E-state index contributed by atoms with van der Waals surface area (Å²) < 4.78 is 23.1. The van der Waals surface area contributed by atoms with Gasteiger partial charge in [-0.2, -0.15) is 0 Å². The largest absolute Gasteiger partial charge is 0.298 e. The Morgan fingerprint density at radius 3 is 2.37 bits per heavy atom. The molecule has 0 aromatic heterocycles. The average Bonchev–Trinajstić information content (AvgIpc) is 2.37. The lowest BCUT2D eigenvalue weighted by molar-refractivity contribution is 0.112. The van der Waals surface area contributed by atoms with Crippen LogP contribution in [0.25, 0.3) is 11.1 Å². The summed E-state index contributed by atoms with van der Waals surface area (Å²) in [6.45, 7) is 1.90. The van der Waals surface area contributed by atoms with E-state index in [1.54, 1.807) is 30.3 Å². The van der Waals surface area contributed by atoms with E-state index in [4.69, 9.17) is 0 Å². The first-order chi connectivity index (χ1) is 8.90. The van der Waals surface area contributed by atoms with E-state index in [-0.39, 0.29) is 4.90 Å². The Labute approximate surface area is 112 Å². The standard InChI is InChI=1S/C15H14O3S/c1-11-6-12(10-16)8-14(7-11)13-4-3-5-15(9-13)19(2,17)18/h3-10H,1-2H3. The number of sulfone groups is 1. The second-order valence-electron chi connectivity index (χ2n) is 4.55. The Hall–Kier alpha value is -1.94. The molecule has 0 spiro atoms. The van der Waals surface area contributed by atoms with Gasteiger partial charge in [0.25, 0.3) is 0 Å². The molecule has 0 aliphatic carbocycles. The molecule has 0 saturated heterocycles. The van der Waals surface area contributed by atoms with Crippen LogP contribution < -0.4 is 0 Å². The van der Waals surface area contributed by atoms with Crippen LogP contribution in [0.5, 0.6) is 0 Å². The molecule has 19 heavy (non-hydrogen) atoms. The van der Waals surface area contributed by atoms with Gasteiger partial charge < -0.3 is 0 Å². The van der Waals surface area contributed by atoms with Crippen molar-refractivity contribution in [1.29, 1.82) is 0 Å². The lowest BCUT2D eigenvalue weighted by Gasteiger charge is -2.06. The summed E-state index contributed by atoms with van der Waals surface area (Å²) in [5.74, 6) is 0. The summed E-state index contributed by atoms with van der Waals surface area (Å²) in [5.41, 5.74) is 3.17. The van der Waals surface area contributed by atoms with Crippen LogP contribution in [-0.2, 0) is 9.84 Å². The fourth-order valence-electron chi connectivity index (χ4n) is 1.95. The van der Waals surface area contributed by atoms with Gasteiger partial charge in [-0.15, -0.1) is 0 Å². The van der Waals surface area contributed by atoms with Crippen molar-refractivity contribution >= 4 is 16.1 Å². The van der Waals surface area contributed by atoms with Crippen LogP contribution in [0.4, 0.5) is 0 Å². The molecule has 2 rings (SSSR count). The molecule has 0 unspecified atom stereocenters. The smallest absolute Gasteiger partial charge is 0.175 e. The van der Waals surface area contributed by atoms with E-state index in [0.29, 0.717) is 5.56 Å². The Balaban J connectivity index is 2.59. The van der Waals surface area contributed by atoms with Gasteiger partial charge in [-0.05, 0) is 47.9 Å². The quantitative estimate of drug-likeness (QED) is 0.809. The zero-order valence-corrected chi connectivity index (χ0v) is 11.6. The molecule has 98 valence electrons. The molecule has 2 aromatic rings. The maximum absolute atomic E-state index is 11.6. The van der Waals surface area contributed by atoms with Crippen molar-refractivity contribution in [3.05, 3.63) is 53.6 Å². The number of benzene rings is 2. The Morgan fingerprint density at radius 1 is 1.00 bits per heavy atom. The molecule has 2 aromatic carbocycles. The highest BCUT2D eigenvalue weighted by Gasteiger charge is 2.08. The van der Waals surface area contributed by atoms with Gasteiger partial charge in [0.05, 0.1) is 4.90 Å². The minimum Gasteiger partial charge on any atom is -0.298 e. The van der Waals surface area contributed by atoms with Crippen LogP contribution in [0.15, 0.2) is 47.4 Å². The van der Waals surface area contributed by atoms with E-state index >= 15 is 0 Å². The third-order valence-electron chi connectivity index (χ3n) is 2.83. The van der Waals surface area contributed by atoms with Crippen molar-refractivity contribution in [3.63, 3.8) is 0 Å². The third kappa shape index (κ3) is 3.09. The topological polar surface area (TPSA) is 51.2 Å². The van der Waals surface area contributed by atoms with Crippen LogP contribution in [0.1, 0.15) is 15.9 Å². The van der Waals surface area contributed by atoms with Crippen molar-refractivity contribution in [1.82, 2.24) is 0 Å². The maximum Gasteiger partial charge on any atom is 0.175 e. The van der Waals surface area contributed by atoms with Crippen LogP contribution in [0.3, 0.4) is 0 Å². The zero-order valence-electron chi connectivity index (χ0n) is 10.8. The SMILES string of the molecule is Cc1cc(C=O)cc(-c2cccc(S(C)(=O)=O)c2)c1. The highest BCUT2D eigenvalue weighted by molar-refractivity contribution is 7.90. The van der Waals surface area contributed by atoms with Gasteiger partial charge in [-0.25, -0.2) is 8.42 Å². The minimum atomic E-state index is -3.23. The van der Waals surface area contributed by atoms with Gasteiger partial charge in [0.15, 0.2) is 9.84 Å². The molecule has 0 aliphatic rings. The van der Waals surface area contributed by atoms with E-state index < -0.39 is 9.84 Å². The highest BCUT2D eigenvalue weighted by atomic mass is 32.2. The molecular weight excluding hydrogens is 260 g/mol. The number of hydrogen-bond acceptors (Lipinski definition) is 3. The fourth-order valence-corrected chi connectivity index (χ4v) is 2.62. The minimum absolute atomic E-state index is 0.277. The fraction of sp³-hybridized carbons (Fsp3) is 0.133. The first-order valence-electron chi connectivity index (χ1n) is 5.77. The molecule has 0 atom stereocenters. The van der Waals surface area contributed by atoms with Gasteiger partial charge in [0.1, 0.15) is 6.29 Å². The monoisotopic (exact) mass is 274 g/mol. The molecule has 0 amide bonds. The van der Waals surface area contributed by atoms with Gasteiger partial charge in [0, 0.05) is 11.8 Å². The second-order valence-corrected chi connectivity index (χ2v) is 6.57. The van der Waals surface area contributed by atoms with E-state index in [1.807, 2.05) is 19.1 Å². The molecule has 0 fully saturated rings. The zero-order chi connectivity index (χ0) is 14.0. The van der Waals surface area contributed by atoms with E-state index in [0.717, 1.165) is 23.0 Å². The van der Waals surface area contributed by atoms with Crippen molar-refractivity contribution in [2.24, 2.45) is 0 Å². The molecule has 3 nitrogen and oxygen atoms in total. The van der Waals surface area contributed by atoms with Crippen LogP contribution in [0, 0.1) is 6.92 Å². The molecular formula is C15H14O3S. The van der Waals surface area contributed by atoms with Crippen molar-refractivity contribution < 1.29 is 13.2 Å². The predicted molar refractivity (Wildman–Crippen MR) is 75.1 cm³/mol. The Morgan fingerprint density at radius 2 is 1.74 bits per heavy atom. The molecule has 0 radical (unpaired) electrons.